The van der Waals surface area contributed by atoms with E-state index in [1.807, 2.05) is 23.7 Å². The van der Waals surface area contributed by atoms with Crippen molar-refractivity contribution in [3.05, 3.63) is 64.4 Å². The first-order valence-corrected chi connectivity index (χ1v) is 8.44. The van der Waals surface area contributed by atoms with Crippen LogP contribution in [0.4, 0.5) is 4.39 Å². The molecule has 3 rings (SSSR count). The monoisotopic (exact) mass is 377 g/mol. The molecule has 6 heteroatoms. The van der Waals surface area contributed by atoms with Crippen LogP contribution in [-0.2, 0) is 12.8 Å². The second-order valence-electron chi connectivity index (χ2n) is 4.79. The second kappa shape index (κ2) is 6.62. The summed E-state index contributed by atoms with van der Waals surface area (Å²) in [6.07, 6.45) is 0. The highest BCUT2D eigenvalue weighted by Crippen LogP contribution is 2.26. The predicted molar refractivity (Wildman–Crippen MR) is 90.1 cm³/mol. The number of halogens is 2. The van der Waals surface area contributed by atoms with Gasteiger partial charge in [0.2, 0.25) is 0 Å². The molecule has 0 amide bonds. The largest absolute Gasteiger partial charge is 0.305 e. The molecule has 3 aromatic rings. The van der Waals surface area contributed by atoms with E-state index < -0.39 is 0 Å². The highest BCUT2D eigenvalue weighted by molar-refractivity contribution is 9.10. The number of thioether (sulfide) groups is 1. The van der Waals surface area contributed by atoms with Crippen LogP contribution in [0.15, 0.2) is 58.2 Å². The van der Waals surface area contributed by atoms with Gasteiger partial charge < -0.3 is 4.57 Å². The molecule has 0 aliphatic carbocycles. The average Bonchev–Trinajstić information content (AvgIpc) is 2.87. The lowest BCUT2D eigenvalue weighted by molar-refractivity contribution is 0.628. The van der Waals surface area contributed by atoms with Crippen molar-refractivity contribution in [2.45, 2.75) is 10.9 Å². The summed E-state index contributed by atoms with van der Waals surface area (Å²) in [7, 11) is 1.92. The maximum atomic E-state index is 13.0. The molecule has 0 aliphatic heterocycles. The van der Waals surface area contributed by atoms with Gasteiger partial charge in [-0.15, -0.1) is 10.2 Å². The van der Waals surface area contributed by atoms with E-state index in [0.29, 0.717) is 0 Å². The van der Waals surface area contributed by atoms with Crippen LogP contribution in [0.1, 0.15) is 5.56 Å². The van der Waals surface area contributed by atoms with E-state index >= 15 is 0 Å². The number of nitrogens with zero attached hydrogens (tertiary/aromatic N) is 3. The predicted octanol–water partition coefficient (Wildman–Crippen LogP) is 4.68. The van der Waals surface area contributed by atoms with Crippen molar-refractivity contribution in [3.63, 3.8) is 0 Å². The molecule has 112 valence electrons. The Morgan fingerprint density at radius 2 is 1.91 bits per heavy atom. The molecule has 0 fully saturated rings. The summed E-state index contributed by atoms with van der Waals surface area (Å²) in [6, 6.07) is 14.5. The Labute approximate surface area is 140 Å². The molecule has 0 saturated heterocycles. The van der Waals surface area contributed by atoms with Gasteiger partial charge in [0.15, 0.2) is 11.0 Å². The molecule has 0 atom stereocenters. The molecule has 3 nitrogen and oxygen atoms in total. The molecule has 22 heavy (non-hydrogen) atoms. The molecular weight excluding hydrogens is 365 g/mol. The molecular formula is C16H13BrFN3S. The maximum Gasteiger partial charge on any atom is 0.191 e. The normalized spacial score (nSPS) is 10.9. The molecule has 0 radical (unpaired) electrons. The van der Waals surface area contributed by atoms with E-state index in [1.165, 1.54) is 17.7 Å². The molecule has 0 saturated carbocycles. The Bertz CT molecular complexity index is 786. The van der Waals surface area contributed by atoms with E-state index in [-0.39, 0.29) is 5.82 Å². The van der Waals surface area contributed by atoms with Crippen LogP contribution in [0.3, 0.4) is 0 Å². The van der Waals surface area contributed by atoms with Crippen LogP contribution < -0.4 is 0 Å². The zero-order chi connectivity index (χ0) is 15.5. The van der Waals surface area contributed by atoms with Gasteiger partial charge in [0.1, 0.15) is 5.82 Å². The van der Waals surface area contributed by atoms with Crippen molar-refractivity contribution >= 4 is 27.7 Å². The van der Waals surface area contributed by atoms with Crippen molar-refractivity contribution in [2.75, 3.05) is 0 Å². The second-order valence-corrected chi connectivity index (χ2v) is 6.65. The lowest BCUT2D eigenvalue weighted by Gasteiger charge is -2.04. The Morgan fingerprint density at radius 3 is 2.64 bits per heavy atom. The number of rotatable bonds is 4. The third kappa shape index (κ3) is 3.39. The van der Waals surface area contributed by atoms with Crippen molar-refractivity contribution in [1.82, 2.24) is 14.8 Å². The highest BCUT2D eigenvalue weighted by Gasteiger charge is 2.11. The van der Waals surface area contributed by atoms with E-state index in [1.54, 1.807) is 23.9 Å². The van der Waals surface area contributed by atoms with Crippen LogP contribution in [0.5, 0.6) is 0 Å². The van der Waals surface area contributed by atoms with Crippen LogP contribution in [0.25, 0.3) is 11.4 Å². The smallest absolute Gasteiger partial charge is 0.191 e. The van der Waals surface area contributed by atoms with Crippen LogP contribution >= 0.6 is 27.7 Å². The number of hydrogen-bond acceptors (Lipinski definition) is 3. The highest BCUT2D eigenvalue weighted by atomic mass is 79.9. The van der Waals surface area contributed by atoms with Gasteiger partial charge in [0, 0.05) is 22.8 Å². The number of benzene rings is 2. The maximum absolute atomic E-state index is 13.0. The van der Waals surface area contributed by atoms with Crippen molar-refractivity contribution in [2.24, 2.45) is 7.05 Å². The van der Waals surface area contributed by atoms with Gasteiger partial charge >= 0.3 is 0 Å². The Balaban J connectivity index is 1.77. The van der Waals surface area contributed by atoms with Crippen molar-refractivity contribution < 1.29 is 4.39 Å². The average molecular weight is 378 g/mol. The quantitative estimate of drug-likeness (QED) is 0.618. The standard InChI is InChI=1S/C16H13BrFN3S/c1-21-15(12-5-7-14(18)8-6-12)19-20-16(21)22-10-11-3-2-4-13(17)9-11/h2-9H,10H2,1H3. The van der Waals surface area contributed by atoms with Gasteiger partial charge in [-0.2, -0.15) is 0 Å². The zero-order valence-electron chi connectivity index (χ0n) is 11.8. The first-order valence-electron chi connectivity index (χ1n) is 6.66. The van der Waals surface area contributed by atoms with E-state index in [9.17, 15) is 4.39 Å². The fourth-order valence-corrected chi connectivity index (χ4v) is 3.37. The molecule has 1 aromatic heterocycles. The Morgan fingerprint density at radius 1 is 1.14 bits per heavy atom. The van der Waals surface area contributed by atoms with E-state index in [0.717, 1.165) is 26.8 Å². The first-order chi connectivity index (χ1) is 10.6. The van der Waals surface area contributed by atoms with Crippen LogP contribution in [0.2, 0.25) is 0 Å². The summed E-state index contributed by atoms with van der Waals surface area (Å²) < 4.78 is 16.0. The van der Waals surface area contributed by atoms with Crippen molar-refractivity contribution in [1.29, 1.82) is 0 Å². The summed E-state index contributed by atoms with van der Waals surface area (Å²) in [6.45, 7) is 0. The Hall–Kier alpha value is -1.66. The Kier molecular flexibility index (Phi) is 4.59. The van der Waals surface area contributed by atoms with Gasteiger partial charge in [-0.1, -0.05) is 39.8 Å². The lowest BCUT2D eigenvalue weighted by atomic mass is 10.2. The molecule has 0 aliphatic rings. The van der Waals surface area contributed by atoms with Gasteiger partial charge in [0.25, 0.3) is 0 Å². The first kappa shape index (κ1) is 15.2. The molecule has 0 bridgehead atoms. The van der Waals surface area contributed by atoms with Gasteiger partial charge in [-0.05, 0) is 42.0 Å². The molecule has 0 unspecified atom stereocenters. The lowest BCUT2D eigenvalue weighted by Crippen LogP contribution is -1.95. The van der Waals surface area contributed by atoms with E-state index in [2.05, 4.69) is 38.3 Å². The summed E-state index contributed by atoms with van der Waals surface area (Å²) in [5, 5.41) is 9.26. The molecule has 2 aromatic carbocycles. The van der Waals surface area contributed by atoms with Crippen LogP contribution in [0, 0.1) is 5.82 Å². The van der Waals surface area contributed by atoms with Crippen LogP contribution in [-0.4, -0.2) is 14.8 Å². The fraction of sp³-hybridized carbons (Fsp3) is 0.125. The number of aromatic nitrogens is 3. The van der Waals surface area contributed by atoms with E-state index in [4.69, 9.17) is 0 Å². The molecule has 0 N–H and O–H groups in total. The van der Waals surface area contributed by atoms with Crippen molar-refractivity contribution in [3.8, 4) is 11.4 Å². The third-order valence-electron chi connectivity index (χ3n) is 3.19. The van der Waals surface area contributed by atoms with Gasteiger partial charge in [-0.25, -0.2) is 4.39 Å². The zero-order valence-corrected chi connectivity index (χ0v) is 14.2. The van der Waals surface area contributed by atoms with Gasteiger partial charge in [0.05, 0.1) is 0 Å². The summed E-state index contributed by atoms with van der Waals surface area (Å²) >= 11 is 5.09. The minimum atomic E-state index is -0.254. The summed E-state index contributed by atoms with van der Waals surface area (Å²) in [5.74, 6) is 1.29. The molecule has 1 heterocycles. The SMILES string of the molecule is Cn1c(SCc2cccc(Br)c2)nnc1-c1ccc(F)cc1. The topological polar surface area (TPSA) is 30.7 Å². The minimum Gasteiger partial charge on any atom is -0.305 e. The third-order valence-corrected chi connectivity index (χ3v) is 4.78. The fourth-order valence-electron chi connectivity index (χ4n) is 2.07. The van der Waals surface area contributed by atoms with Gasteiger partial charge in [-0.3, -0.25) is 0 Å². The molecule has 0 spiro atoms. The summed E-state index contributed by atoms with van der Waals surface area (Å²) in [4.78, 5) is 0. The summed E-state index contributed by atoms with van der Waals surface area (Å²) in [5.41, 5.74) is 2.07. The minimum absolute atomic E-state index is 0.254. The number of hydrogen-bond donors (Lipinski definition) is 0.